The number of aromatic nitrogens is 3. The van der Waals surface area contributed by atoms with E-state index in [1.807, 2.05) is 24.5 Å². The van der Waals surface area contributed by atoms with Crippen molar-refractivity contribution in [1.29, 1.82) is 0 Å². The maximum atomic E-state index is 12.9. The molecule has 10 nitrogen and oxygen atoms in total. The summed E-state index contributed by atoms with van der Waals surface area (Å²) in [6.07, 6.45) is 1.27. The first-order valence-electron chi connectivity index (χ1n) is 11.8. The van der Waals surface area contributed by atoms with Crippen LogP contribution >= 0.6 is 34.7 Å². The fraction of sp³-hybridized carbons (Fsp3) is 0.346. The number of anilines is 1. The molecule has 0 aliphatic carbocycles. The van der Waals surface area contributed by atoms with Crippen molar-refractivity contribution >= 4 is 57.5 Å². The van der Waals surface area contributed by atoms with Crippen molar-refractivity contribution in [1.82, 2.24) is 19.7 Å². The molecular formula is C26H30ClN5O5S2. The maximum Gasteiger partial charge on any atom is 0.341 e. The largest absolute Gasteiger partial charge is 0.483 e. The molecule has 1 N–H and O–H groups in total. The number of rotatable bonds is 11. The van der Waals surface area contributed by atoms with Crippen LogP contribution in [0.4, 0.5) is 5.00 Å². The zero-order valence-corrected chi connectivity index (χ0v) is 24.9. The highest BCUT2D eigenvalue weighted by atomic mass is 35.5. The average molecular weight is 592 g/mol. The average Bonchev–Trinajstić information content (AvgIpc) is 3.44. The number of carbonyl (C=O) groups is 3. The van der Waals surface area contributed by atoms with E-state index in [0.717, 1.165) is 16.9 Å². The lowest BCUT2D eigenvalue weighted by Crippen LogP contribution is -2.21. The van der Waals surface area contributed by atoms with Gasteiger partial charge in [-0.25, -0.2) is 4.79 Å². The van der Waals surface area contributed by atoms with Crippen LogP contribution in [0.15, 0.2) is 36.0 Å². The highest BCUT2D eigenvalue weighted by Gasteiger charge is 2.27. The smallest absolute Gasteiger partial charge is 0.341 e. The van der Waals surface area contributed by atoms with Gasteiger partial charge in [0.15, 0.2) is 17.1 Å². The number of hydrogen-bond donors (Lipinski definition) is 1. The third-order valence-corrected chi connectivity index (χ3v) is 8.17. The van der Waals surface area contributed by atoms with Crippen molar-refractivity contribution in [2.24, 2.45) is 0 Å². The molecule has 0 bridgehead atoms. The second-order valence-electron chi connectivity index (χ2n) is 8.70. The summed E-state index contributed by atoms with van der Waals surface area (Å²) in [6.45, 7) is 9.62. The normalized spacial score (nSPS) is 11.6. The second kappa shape index (κ2) is 13.1. The lowest BCUT2D eigenvalue weighted by Gasteiger charge is -2.16. The van der Waals surface area contributed by atoms with Gasteiger partial charge in [-0.2, -0.15) is 0 Å². The molecule has 2 amide bonds. The van der Waals surface area contributed by atoms with Gasteiger partial charge in [-0.1, -0.05) is 29.4 Å². The first-order chi connectivity index (χ1) is 18.5. The third kappa shape index (κ3) is 7.00. The lowest BCUT2D eigenvalue weighted by molar-refractivity contribution is -0.113. The van der Waals surface area contributed by atoms with E-state index in [4.69, 9.17) is 21.1 Å². The fourth-order valence-electron chi connectivity index (χ4n) is 3.60. The summed E-state index contributed by atoms with van der Waals surface area (Å²) >= 11 is 8.32. The Bertz CT molecular complexity index is 1400. The molecule has 0 aliphatic heterocycles. The summed E-state index contributed by atoms with van der Waals surface area (Å²) in [5.41, 5.74) is 1.51. The van der Waals surface area contributed by atoms with Crippen LogP contribution in [-0.2, 0) is 16.1 Å². The van der Waals surface area contributed by atoms with Crippen molar-refractivity contribution in [3.05, 3.63) is 63.3 Å². The Morgan fingerprint density at radius 2 is 2.00 bits per heavy atom. The number of allylic oxidation sites excluding steroid dienone is 1. The van der Waals surface area contributed by atoms with Gasteiger partial charge in [-0.05, 0) is 50.1 Å². The predicted molar refractivity (Wildman–Crippen MR) is 153 cm³/mol. The molecule has 2 heterocycles. The molecule has 208 valence electrons. The molecule has 0 saturated heterocycles. The van der Waals surface area contributed by atoms with Gasteiger partial charge in [0.2, 0.25) is 5.91 Å². The summed E-state index contributed by atoms with van der Waals surface area (Å²) in [5, 5.41) is 12.7. The van der Waals surface area contributed by atoms with Gasteiger partial charge in [0.25, 0.3) is 5.91 Å². The summed E-state index contributed by atoms with van der Waals surface area (Å²) in [5.74, 6) is -0.0941. The molecular weight excluding hydrogens is 562 g/mol. The van der Waals surface area contributed by atoms with E-state index >= 15 is 0 Å². The Morgan fingerprint density at radius 1 is 1.28 bits per heavy atom. The molecule has 2 aromatic heterocycles. The van der Waals surface area contributed by atoms with E-state index in [9.17, 15) is 14.4 Å². The standard InChI is InChI=1S/C26H30ClN5O5S2/c1-8-11-32-22(16(4)37-17-9-10-18(27)14(2)12-17)29-30-26(32)38-13-19(33)28-23-20(25(35)36-7)15(3)21(39-23)24(34)31(5)6/h8-10,12,16H,1,11,13H2,2-7H3,(H,28,33). The van der Waals surface area contributed by atoms with Crippen LogP contribution < -0.4 is 10.1 Å². The van der Waals surface area contributed by atoms with E-state index < -0.39 is 12.1 Å². The van der Waals surface area contributed by atoms with Gasteiger partial charge >= 0.3 is 5.97 Å². The number of aryl methyl sites for hydroxylation is 1. The summed E-state index contributed by atoms with van der Waals surface area (Å²) in [4.78, 5) is 39.6. The van der Waals surface area contributed by atoms with Crippen LogP contribution in [-0.4, -0.2) is 64.4 Å². The van der Waals surface area contributed by atoms with Crippen molar-refractivity contribution in [3.63, 3.8) is 0 Å². The SMILES string of the molecule is C=CCn1c(SCC(=O)Nc2sc(C(=O)N(C)C)c(C)c2C(=O)OC)nnc1C(C)Oc1ccc(Cl)c(C)c1. The van der Waals surface area contributed by atoms with Crippen LogP contribution in [0.3, 0.4) is 0 Å². The monoisotopic (exact) mass is 591 g/mol. The minimum Gasteiger partial charge on any atom is -0.483 e. The molecule has 13 heteroatoms. The molecule has 1 atom stereocenters. The number of ether oxygens (including phenoxy) is 2. The Kier molecular flexibility index (Phi) is 10.2. The quantitative estimate of drug-likeness (QED) is 0.185. The summed E-state index contributed by atoms with van der Waals surface area (Å²) < 4.78 is 12.8. The minimum absolute atomic E-state index is 0.0184. The summed E-state index contributed by atoms with van der Waals surface area (Å²) in [6, 6.07) is 5.40. The van der Waals surface area contributed by atoms with Crippen LogP contribution in [0.1, 0.15) is 50.0 Å². The molecule has 3 rings (SSSR count). The fourth-order valence-corrected chi connectivity index (χ4v) is 5.71. The van der Waals surface area contributed by atoms with E-state index in [1.54, 1.807) is 39.2 Å². The number of nitrogens with one attached hydrogen (secondary N) is 1. The molecule has 0 fully saturated rings. The van der Waals surface area contributed by atoms with E-state index in [2.05, 4.69) is 22.1 Å². The molecule has 0 saturated carbocycles. The summed E-state index contributed by atoms with van der Waals surface area (Å²) in [7, 11) is 4.48. The topological polar surface area (TPSA) is 116 Å². The van der Waals surface area contributed by atoms with Crippen molar-refractivity contribution < 1.29 is 23.9 Å². The Hall–Kier alpha value is -3.35. The first kappa shape index (κ1) is 30.2. The maximum absolute atomic E-state index is 12.9. The predicted octanol–water partition coefficient (Wildman–Crippen LogP) is 5.16. The Labute approximate surface area is 240 Å². The number of hydrogen-bond acceptors (Lipinski definition) is 9. The van der Waals surface area contributed by atoms with Gasteiger partial charge in [0, 0.05) is 25.7 Å². The van der Waals surface area contributed by atoms with Crippen LogP contribution in [0, 0.1) is 13.8 Å². The van der Waals surface area contributed by atoms with Crippen molar-refractivity contribution in [2.45, 2.75) is 38.6 Å². The Balaban J connectivity index is 1.76. The highest BCUT2D eigenvalue weighted by molar-refractivity contribution is 7.99. The zero-order chi connectivity index (χ0) is 28.9. The van der Waals surface area contributed by atoms with Crippen molar-refractivity contribution in [2.75, 3.05) is 32.3 Å². The second-order valence-corrected chi connectivity index (χ2v) is 11.1. The Morgan fingerprint density at radius 3 is 2.62 bits per heavy atom. The van der Waals surface area contributed by atoms with E-state index in [1.165, 1.54) is 23.8 Å². The van der Waals surface area contributed by atoms with Gasteiger partial charge in [-0.3, -0.25) is 14.2 Å². The molecule has 1 aromatic carbocycles. The number of amides is 2. The lowest BCUT2D eigenvalue weighted by atomic mass is 10.1. The molecule has 39 heavy (non-hydrogen) atoms. The first-order valence-corrected chi connectivity index (χ1v) is 14.0. The van der Waals surface area contributed by atoms with Crippen molar-refractivity contribution in [3.8, 4) is 5.75 Å². The number of nitrogens with zero attached hydrogens (tertiary/aromatic N) is 4. The number of benzene rings is 1. The number of thiophene rings is 1. The number of carbonyl (C=O) groups excluding carboxylic acids is 3. The van der Waals surface area contributed by atoms with Crippen LogP contribution in [0.25, 0.3) is 0 Å². The van der Waals surface area contributed by atoms with Gasteiger partial charge < -0.3 is 19.7 Å². The highest BCUT2D eigenvalue weighted by Crippen LogP contribution is 2.35. The minimum atomic E-state index is -0.634. The number of halogens is 1. The zero-order valence-electron chi connectivity index (χ0n) is 22.5. The van der Waals surface area contributed by atoms with Gasteiger partial charge in [0.05, 0.1) is 23.3 Å². The van der Waals surface area contributed by atoms with E-state index in [0.29, 0.717) is 38.7 Å². The molecule has 3 aromatic rings. The van der Waals surface area contributed by atoms with E-state index in [-0.39, 0.29) is 28.1 Å². The van der Waals surface area contributed by atoms with Gasteiger partial charge in [-0.15, -0.1) is 28.1 Å². The molecule has 1 unspecified atom stereocenters. The molecule has 0 radical (unpaired) electrons. The molecule has 0 spiro atoms. The van der Waals surface area contributed by atoms with Crippen LogP contribution in [0.2, 0.25) is 5.02 Å². The number of esters is 1. The van der Waals surface area contributed by atoms with Crippen LogP contribution in [0.5, 0.6) is 5.75 Å². The number of methoxy groups -OCH3 is 1. The number of thioether (sulfide) groups is 1. The van der Waals surface area contributed by atoms with Gasteiger partial charge in [0.1, 0.15) is 10.8 Å². The third-order valence-electron chi connectivity index (χ3n) is 5.59. The molecule has 0 aliphatic rings.